The largest absolute Gasteiger partial charge is 0.493 e. The van der Waals surface area contributed by atoms with Crippen LogP contribution in [-0.4, -0.2) is 30.3 Å². The first kappa shape index (κ1) is 20.5. The molecule has 0 spiro atoms. The molecule has 0 saturated heterocycles. The third-order valence-corrected chi connectivity index (χ3v) is 5.26. The zero-order chi connectivity index (χ0) is 22.0. The van der Waals surface area contributed by atoms with Crippen LogP contribution >= 0.6 is 11.3 Å². The van der Waals surface area contributed by atoms with Gasteiger partial charge in [0.1, 0.15) is 4.88 Å². The second-order valence-corrected chi connectivity index (χ2v) is 7.13. The molecule has 2 aromatic heterocycles. The molecule has 2 aromatic carbocycles. The van der Waals surface area contributed by atoms with E-state index in [1.165, 1.54) is 31.6 Å². The van der Waals surface area contributed by atoms with Gasteiger partial charge in [0.2, 0.25) is 5.82 Å². The summed E-state index contributed by atoms with van der Waals surface area (Å²) in [6, 6.07) is 9.97. The number of nitrogens with one attached hydrogen (secondary N) is 1. The number of aromatic nitrogens is 2. The normalized spacial score (nSPS) is 10.7. The summed E-state index contributed by atoms with van der Waals surface area (Å²) in [6.45, 7) is 0. The van der Waals surface area contributed by atoms with Crippen molar-refractivity contribution in [3.8, 4) is 33.7 Å². The van der Waals surface area contributed by atoms with E-state index in [4.69, 9.17) is 14.0 Å². The van der Waals surface area contributed by atoms with Crippen molar-refractivity contribution >= 4 is 22.9 Å². The number of hydrogen-bond donors (Lipinski definition) is 1. The van der Waals surface area contributed by atoms with Gasteiger partial charge in [0, 0.05) is 5.56 Å². The van der Waals surface area contributed by atoms with Crippen LogP contribution in [0, 0.1) is 11.6 Å². The van der Waals surface area contributed by atoms with Gasteiger partial charge in [0.05, 0.1) is 25.5 Å². The van der Waals surface area contributed by atoms with Crippen LogP contribution in [0.4, 0.5) is 14.5 Å². The van der Waals surface area contributed by atoms with Gasteiger partial charge in [0.15, 0.2) is 23.1 Å². The first-order valence-electron chi connectivity index (χ1n) is 8.91. The maximum absolute atomic E-state index is 13.5. The summed E-state index contributed by atoms with van der Waals surface area (Å²) in [5.74, 6) is -1.46. The lowest BCUT2D eigenvalue weighted by Gasteiger charge is -2.12. The maximum atomic E-state index is 13.5. The average Bonchev–Trinajstić information content (AvgIpc) is 3.44. The van der Waals surface area contributed by atoms with E-state index in [1.54, 1.807) is 29.6 Å². The third-order valence-electron chi connectivity index (χ3n) is 4.36. The van der Waals surface area contributed by atoms with Gasteiger partial charge < -0.3 is 19.3 Å². The molecule has 0 radical (unpaired) electrons. The van der Waals surface area contributed by atoms with Crippen LogP contribution in [0.15, 0.2) is 52.4 Å². The Kier molecular flexibility index (Phi) is 5.63. The molecule has 0 atom stereocenters. The van der Waals surface area contributed by atoms with Crippen LogP contribution in [0.5, 0.6) is 11.5 Å². The van der Waals surface area contributed by atoms with Crippen molar-refractivity contribution in [2.45, 2.75) is 0 Å². The second-order valence-electron chi connectivity index (χ2n) is 6.21. The van der Waals surface area contributed by atoms with Crippen molar-refractivity contribution in [3.63, 3.8) is 0 Å². The topological polar surface area (TPSA) is 86.5 Å². The average molecular weight is 443 g/mol. The number of amides is 1. The van der Waals surface area contributed by atoms with Crippen molar-refractivity contribution in [1.82, 2.24) is 10.1 Å². The lowest BCUT2D eigenvalue weighted by molar-refractivity contribution is 0.102. The Labute approximate surface area is 179 Å². The number of thiophene rings is 1. The Morgan fingerprint density at radius 1 is 1.10 bits per heavy atom. The number of nitrogens with zero attached hydrogens (tertiary/aromatic N) is 2. The van der Waals surface area contributed by atoms with Gasteiger partial charge in [0.25, 0.3) is 11.8 Å². The molecular weight excluding hydrogens is 428 g/mol. The Morgan fingerprint density at radius 2 is 1.94 bits per heavy atom. The van der Waals surface area contributed by atoms with Gasteiger partial charge in [-0.05, 0) is 41.8 Å². The molecule has 4 rings (SSSR count). The molecule has 0 aliphatic rings. The highest BCUT2D eigenvalue weighted by molar-refractivity contribution is 7.14. The quantitative estimate of drug-likeness (QED) is 0.451. The SMILES string of the molecule is COc1cccc(C(=O)Nc2ccsc2-c2nc(-c3ccc(F)c(F)c3)no2)c1OC. The minimum atomic E-state index is -1.01. The summed E-state index contributed by atoms with van der Waals surface area (Å²) in [7, 11) is 2.93. The van der Waals surface area contributed by atoms with E-state index in [-0.39, 0.29) is 22.8 Å². The molecule has 7 nitrogen and oxygen atoms in total. The zero-order valence-corrected chi connectivity index (χ0v) is 17.1. The fourth-order valence-corrected chi connectivity index (χ4v) is 3.67. The van der Waals surface area contributed by atoms with Gasteiger partial charge in [-0.2, -0.15) is 4.98 Å². The summed E-state index contributed by atoms with van der Waals surface area (Å²) in [5.41, 5.74) is 0.990. The summed E-state index contributed by atoms with van der Waals surface area (Å²) in [5, 5.41) is 8.36. The zero-order valence-electron chi connectivity index (χ0n) is 16.3. The molecule has 0 aliphatic heterocycles. The molecule has 158 valence electrons. The number of para-hydroxylation sites is 1. The van der Waals surface area contributed by atoms with Crippen molar-refractivity contribution in [2.24, 2.45) is 0 Å². The van der Waals surface area contributed by atoms with E-state index in [9.17, 15) is 13.6 Å². The van der Waals surface area contributed by atoms with Gasteiger partial charge in [-0.25, -0.2) is 8.78 Å². The van der Waals surface area contributed by atoms with E-state index >= 15 is 0 Å². The summed E-state index contributed by atoms with van der Waals surface area (Å²) < 4.78 is 42.5. The summed E-state index contributed by atoms with van der Waals surface area (Å²) >= 11 is 1.27. The number of rotatable bonds is 6. The molecule has 0 bridgehead atoms. The van der Waals surface area contributed by atoms with Crippen molar-refractivity contribution in [2.75, 3.05) is 19.5 Å². The fraction of sp³-hybridized carbons (Fsp3) is 0.0952. The monoisotopic (exact) mass is 443 g/mol. The van der Waals surface area contributed by atoms with Crippen molar-refractivity contribution in [3.05, 3.63) is 65.0 Å². The van der Waals surface area contributed by atoms with Gasteiger partial charge in [-0.15, -0.1) is 11.3 Å². The molecule has 0 aliphatic carbocycles. The molecule has 0 fully saturated rings. The standard InChI is InChI=1S/C21H15F2N3O4S/c1-28-16-5-3-4-12(17(16)29-2)20(27)24-15-8-9-31-18(15)21-25-19(26-30-21)11-6-7-13(22)14(23)10-11/h3-10H,1-2H3,(H,24,27). The van der Waals surface area contributed by atoms with Crippen LogP contribution in [0.3, 0.4) is 0 Å². The fourth-order valence-electron chi connectivity index (χ4n) is 2.90. The number of carbonyl (C=O) groups excluding carboxylic acids is 1. The molecule has 2 heterocycles. The highest BCUT2D eigenvalue weighted by Gasteiger charge is 2.21. The van der Waals surface area contributed by atoms with E-state index in [0.29, 0.717) is 22.1 Å². The second kappa shape index (κ2) is 8.52. The molecule has 0 unspecified atom stereocenters. The number of ether oxygens (including phenoxy) is 2. The molecule has 1 amide bonds. The number of benzene rings is 2. The Morgan fingerprint density at radius 3 is 2.68 bits per heavy atom. The smallest absolute Gasteiger partial charge is 0.270 e. The van der Waals surface area contributed by atoms with Crippen molar-refractivity contribution < 1.29 is 27.6 Å². The Bertz CT molecular complexity index is 1260. The summed E-state index contributed by atoms with van der Waals surface area (Å²) in [4.78, 5) is 17.6. The van der Waals surface area contributed by atoms with Gasteiger partial charge in [-0.1, -0.05) is 11.2 Å². The minimum Gasteiger partial charge on any atom is -0.493 e. The molecule has 1 N–H and O–H groups in total. The van der Waals surface area contributed by atoms with Crippen molar-refractivity contribution in [1.29, 1.82) is 0 Å². The van der Waals surface area contributed by atoms with E-state index in [2.05, 4.69) is 15.5 Å². The van der Waals surface area contributed by atoms with Crippen LogP contribution < -0.4 is 14.8 Å². The van der Waals surface area contributed by atoms with E-state index < -0.39 is 17.5 Å². The highest BCUT2D eigenvalue weighted by atomic mass is 32.1. The van der Waals surface area contributed by atoms with Crippen LogP contribution in [-0.2, 0) is 0 Å². The van der Waals surface area contributed by atoms with Gasteiger partial charge >= 0.3 is 0 Å². The first-order valence-corrected chi connectivity index (χ1v) is 9.79. The highest BCUT2D eigenvalue weighted by Crippen LogP contribution is 2.36. The first-order chi connectivity index (χ1) is 15.0. The predicted molar refractivity (Wildman–Crippen MR) is 110 cm³/mol. The molecule has 0 saturated carbocycles. The number of anilines is 1. The van der Waals surface area contributed by atoms with E-state index in [1.807, 2.05) is 0 Å². The third kappa shape index (κ3) is 3.97. The maximum Gasteiger partial charge on any atom is 0.270 e. The summed E-state index contributed by atoms with van der Waals surface area (Å²) in [6.07, 6.45) is 0. The van der Waals surface area contributed by atoms with Gasteiger partial charge in [-0.3, -0.25) is 4.79 Å². The number of methoxy groups -OCH3 is 2. The number of carbonyl (C=O) groups is 1. The lowest BCUT2D eigenvalue weighted by atomic mass is 10.1. The molecular formula is C21H15F2N3O4S. The molecule has 10 heteroatoms. The van der Waals surface area contributed by atoms with Crippen LogP contribution in [0.25, 0.3) is 22.2 Å². The van der Waals surface area contributed by atoms with Crippen LogP contribution in [0.2, 0.25) is 0 Å². The Hall–Kier alpha value is -3.79. The van der Waals surface area contributed by atoms with Crippen LogP contribution in [0.1, 0.15) is 10.4 Å². The predicted octanol–water partition coefficient (Wildman–Crippen LogP) is 5.01. The van der Waals surface area contributed by atoms with E-state index in [0.717, 1.165) is 12.1 Å². The number of hydrogen-bond acceptors (Lipinski definition) is 7. The molecule has 31 heavy (non-hydrogen) atoms. The number of halogens is 2. The molecule has 4 aromatic rings. The Balaban J connectivity index is 1.61. The minimum absolute atomic E-state index is 0.0917. The lowest BCUT2D eigenvalue weighted by Crippen LogP contribution is -2.13.